The molecule has 0 saturated carbocycles. The molecule has 0 atom stereocenters. The first-order chi connectivity index (χ1) is 12.5. The number of carbonyl (C=O) groups is 1. The maximum atomic E-state index is 12.9. The van der Waals surface area contributed by atoms with Gasteiger partial charge in [0.25, 0.3) is 0 Å². The summed E-state index contributed by atoms with van der Waals surface area (Å²) in [6.45, 7) is 4.13. The summed E-state index contributed by atoms with van der Waals surface area (Å²) in [5, 5.41) is 18.3. The van der Waals surface area contributed by atoms with Gasteiger partial charge in [0.2, 0.25) is 0 Å². The van der Waals surface area contributed by atoms with E-state index in [0.717, 1.165) is 19.2 Å². The first-order valence-corrected chi connectivity index (χ1v) is 7.82. The second-order valence-electron chi connectivity index (χ2n) is 5.11. The Balaban J connectivity index is 0.000000209. The molecule has 0 saturated heterocycles. The average Bonchev–Trinajstić information content (AvgIpc) is 3.03. The molecule has 1 heterocycles. The second kappa shape index (κ2) is 9.23. The summed E-state index contributed by atoms with van der Waals surface area (Å²) in [5.41, 5.74) is 0.486. The molecule has 0 unspecified atom stereocenters. The summed E-state index contributed by atoms with van der Waals surface area (Å²) in [4.78, 5) is 21.9. The molecule has 0 bridgehead atoms. The van der Waals surface area contributed by atoms with Gasteiger partial charge in [-0.15, -0.1) is 0 Å². The zero-order valence-electron chi connectivity index (χ0n) is 14.0. The molecular formula is C17H18FN5O3. The summed E-state index contributed by atoms with van der Waals surface area (Å²) in [6.07, 6.45) is -1.55. The first-order valence-electron chi connectivity index (χ1n) is 7.82. The lowest BCUT2D eigenvalue weighted by atomic mass is 10.2. The monoisotopic (exact) mass is 359 g/mol. The van der Waals surface area contributed by atoms with Crippen molar-refractivity contribution >= 4 is 6.09 Å². The average molecular weight is 359 g/mol. The Morgan fingerprint density at radius 2 is 1.88 bits per heavy atom. The fourth-order valence-electron chi connectivity index (χ4n) is 2.00. The van der Waals surface area contributed by atoms with Crippen molar-refractivity contribution in [3.05, 3.63) is 76.5 Å². The van der Waals surface area contributed by atoms with Crippen LogP contribution in [0.2, 0.25) is 0 Å². The standard InChI is InChI=1S/C9H13N.C8H5FN4O3/c1-2-10-8-9-6-4-3-5-7-9;9-5-2-1-3-6(4-5)12-7(14)13(8(15)16)11-10-12/h3-7,10H,2,8H2,1H3;1-4H,(H,15,16). The van der Waals surface area contributed by atoms with Crippen LogP contribution in [0.1, 0.15) is 12.5 Å². The number of carboxylic acid groups (broad SMARTS) is 1. The maximum Gasteiger partial charge on any atom is 0.438 e. The number of hydrogen-bond donors (Lipinski definition) is 2. The van der Waals surface area contributed by atoms with E-state index in [-0.39, 0.29) is 10.4 Å². The van der Waals surface area contributed by atoms with Crippen LogP contribution in [0, 0.1) is 5.82 Å². The van der Waals surface area contributed by atoms with E-state index in [9.17, 15) is 14.0 Å². The van der Waals surface area contributed by atoms with Crippen LogP contribution in [0.15, 0.2) is 59.4 Å². The minimum Gasteiger partial charge on any atom is -0.463 e. The van der Waals surface area contributed by atoms with Crippen LogP contribution in [0.4, 0.5) is 9.18 Å². The highest BCUT2D eigenvalue weighted by molar-refractivity contribution is 5.66. The Kier molecular flexibility index (Phi) is 6.75. The zero-order valence-corrected chi connectivity index (χ0v) is 14.0. The van der Waals surface area contributed by atoms with Crippen molar-refractivity contribution in [2.24, 2.45) is 0 Å². The van der Waals surface area contributed by atoms with Crippen LogP contribution in [-0.4, -0.2) is 37.5 Å². The van der Waals surface area contributed by atoms with E-state index in [2.05, 4.69) is 46.9 Å². The largest absolute Gasteiger partial charge is 0.463 e. The molecule has 2 N–H and O–H groups in total. The Morgan fingerprint density at radius 3 is 2.46 bits per heavy atom. The molecule has 9 heteroatoms. The topological polar surface area (TPSA) is 102 Å². The Morgan fingerprint density at radius 1 is 1.15 bits per heavy atom. The number of benzene rings is 2. The molecule has 1 aromatic heterocycles. The number of hydrogen-bond acceptors (Lipinski definition) is 5. The molecule has 8 nitrogen and oxygen atoms in total. The van der Waals surface area contributed by atoms with Gasteiger partial charge in [0, 0.05) is 6.54 Å². The Hall–Kier alpha value is -3.33. The third-order valence-corrected chi connectivity index (χ3v) is 3.24. The molecular weight excluding hydrogens is 341 g/mol. The lowest BCUT2D eigenvalue weighted by Gasteiger charge is -1.99. The van der Waals surface area contributed by atoms with Crippen LogP contribution in [0.5, 0.6) is 0 Å². The summed E-state index contributed by atoms with van der Waals surface area (Å²) < 4.78 is 13.7. The minimum atomic E-state index is -1.55. The normalized spacial score (nSPS) is 10.1. The van der Waals surface area contributed by atoms with Crippen molar-refractivity contribution in [3.63, 3.8) is 0 Å². The van der Waals surface area contributed by atoms with Gasteiger partial charge in [0.05, 0.1) is 5.69 Å². The number of nitrogens with zero attached hydrogens (tertiary/aromatic N) is 4. The lowest BCUT2D eigenvalue weighted by molar-refractivity contribution is 0.191. The van der Waals surface area contributed by atoms with Gasteiger partial charge in [-0.3, -0.25) is 0 Å². The summed E-state index contributed by atoms with van der Waals surface area (Å²) in [5.74, 6) is -0.561. The lowest BCUT2D eigenvalue weighted by Crippen LogP contribution is -2.28. The van der Waals surface area contributed by atoms with E-state index in [1.54, 1.807) is 0 Å². The fourth-order valence-corrected chi connectivity index (χ4v) is 2.00. The number of aromatic nitrogens is 4. The number of tetrazole rings is 1. The SMILES string of the molecule is CCNCc1ccccc1.O=C(O)n1nnn(-c2cccc(F)c2)c1=O. The fraction of sp³-hybridized carbons (Fsp3) is 0.176. The van der Waals surface area contributed by atoms with Gasteiger partial charge in [0.1, 0.15) is 5.82 Å². The van der Waals surface area contributed by atoms with Crippen LogP contribution >= 0.6 is 0 Å². The van der Waals surface area contributed by atoms with Crippen molar-refractivity contribution in [2.75, 3.05) is 6.54 Å². The molecule has 0 amide bonds. The summed E-state index contributed by atoms with van der Waals surface area (Å²) in [6, 6.07) is 15.4. The van der Waals surface area contributed by atoms with Crippen LogP contribution in [0.25, 0.3) is 5.69 Å². The van der Waals surface area contributed by atoms with Gasteiger partial charge in [0.15, 0.2) is 0 Å². The predicted molar refractivity (Wildman–Crippen MR) is 92.8 cm³/mol. The molecule has 0 radical (unpaired) electrons. The van der Waals surface area contributed by atoms with Gasteiger partial charge >= 0.3 is 11.8 Å². The van der Waals surface area contributed by atoms with Crippen LogP contribution < -0.4 is 11.0 Å². The number of nitrogens with one attached hydrogen (secondary N) is 1. The first kappa shape index (κ1) is 19.0. The van der Waals surface area contributed by atoms with Crippen molar-refractivity contribution in [1.82, 2.24) is 25.1 Å². The number of rotatable bonds is 4. The van der Waals surface area contributed by atoms with E-state index in [0.29, 0.717) is 4.68 Å². The Labute approximate surface area is 148 Å². The van der Waals surface area contributed by atoms with E-state index >= 15 is 0 Å². The third kappa shape index (κ3) is 5.08. The van der Waals surface area contributed by atoms with E-state index in [1.165, 1.54) is 23.8 Å². The molecule has 0 aliphatic rings. The van der Waals surface area contributed by atoms with Crippen molar-refractivity contribution < 1.29 is 14.3 Å². The van der Waals surface area contributed by atoms with Gasteiger partial charge < -0.3 is 10.4 Å². The predicted octanol–water partition coefficient (Wildman–Crippen LogP) is 1.89. The molecule has 0 aliphatic carbocycles. The smallest absolute Gasteiger partial charge is 0.438 e. The van der Waals surface area contributed by atoms with Gasteiger partial charge in [-0.2, -0.15) is 4.68 Å². The molecule has 0 spiro atoms. The molecule has 3 aromatic rings. The van der Waals surface area contributed by atoms with E-state index in [1.807, 2.05) is 6.07 Å². The van der Waals surface area contributed by atoms with Gasteiger partial charge in [-0.05, 0) is 40.7 Å². The minimum absolute atomic E-state index is 0.109. The number of halogens is 1. The van der Waals surface area contributed by atoms with Crippen molar-refractivity contribution in [3.8, 4) is 5.69 Å². The van der Waals surface area contributed by atoms with Crippen molar-refractivity contribution in [1.29, 1.82) is 0 Å². The molecule has 0 aliphatic heterocycles. The molecule has 0 fully saturated rings. The van der Waals surface area contributed by atoms with E-state index in [4.69, 9.17) is 5.11 Å². The zero-order chi connectivity index (χ0) is 18.9. The Bertz CT molecular complexity index is 908. The van der Waals surface area contributed by atoms with Crippen LogP contribution in [0.3, 0.4) is 0 Å². The van der Waals surface area contributed by atoms with Crippen LogP contribution in [-0.2, 0) is 6.54 Å². The summed E-state index contributed by atoms with van der Waals surface area (Å²) >= 11 is 0. The molecule has 2 aromatic carbocycles. The summed E-state index contributed by atoms with van der Waals surface area (Å²) in [7, 11) is 0. The molecule has 136 valence electrons. The third-order valence-electron chi connectivity index (χ3n) is 3.24. The van der Waals surface area contributed by atoms with Gasteiger partial charge in [-0.25, -0.2) is 14.0 Å². The highest BCUT2D eigenvalue weighted by Crippen LogP contribution is 2.05. The van der Waals surface area contributed by atoms with E-state index < -0.39 is 17.6 Å². The molecule has 3 rings (SSSR count). The second-order valence-corrected chi connectivity index (χ2v) is 5.11. The maximum absolute atomic E-state index is 12.9. The van der Waals surface area contributed by atoms with Crippen molar-refractivity contribution in [2.45, 2.75) is 13.5 Å². The quantitative estimate of drug-likeness (QED) is 0.690. The van der Waals surface area contributed by atoms with Gasteiger partial charge in [-0.1, -0.05) is 48.0 Å². The highest BCUT2D eigenvalue weighted by Gasteiger charge is 2.13. The highest BCUT2D eigenvalue weighted by atomic mass is 19.1. The molecule has 26 heavy (non-hydrogen) atoms.